The molecule has 0 fully saturated rings. The van der Waals surface area contributed by atoms with Crippen molar-refractivity contribution >= 4 is 16.9 Å². The molecule has 3 rings (SSSR count). The molecule has 1 amide bonds. The van der Waals surface area contributed by atoms with Gasteiger partial charge in [0.1, 0.15) is 11.6 Å². The molecule has 0 saturated heterocycles. The number of imidazole rings is 1. The maximum Gasteiger partial charge on any atom is 0.260 e. The Balaban J connectivity index is 1.55. The summed E-state index contributed by atoms with van der Waals surface area (Å²) in [5, 5.41) is 2.90. The summed E-state index contributed by atoms with van der Waals surface area (Å²) in [7, 11) is 0. The molecule has 0 bridgehead atoms. The molecule has 0 spiro atoms. The lowest BCUT2D eigenvalue weighted by Crippen LogP contribution is -2.38. The molecule has 124 valence electrons. The van der Waals surface area contributed by atoms with Crippen molar-refractivity contribution in [3.8, 4) is 5.75 Å². The number of para-hydroxylation sites is 2. The molecule has 3 aromatic rings. The van der Waals surface area contributed by atoms with Crippen molar-refractivity contribution in [2.45, 2.75) is 26.5 Å². The summed E-state index contributed by atoms with van der Waals surface area (Å²) in [5.41, 5.74) is 2.04. The zero-order chi connectivity index (χ0) is 16.9. The molecule has 6 nitrogen and oxygen atoms in total. The summed E-state index contributed by atoms with van der Waals surface area (Å²) in [6.07, 6.45) is 2.68. The van der Waals surface area contributed by atoms with Gasteiger partial charge in [-0.2, -0.15) is 0 Å². The quantitative estimate of drug-likeness (QED) is 0.755. The van der Waals surface area contributed by atoms with Crippen molar-refractivity contribution in [1.82, 2.24) is 19.9 Å². The van der Waals surface area contributed by atoms with Gasteiger partial charge in [-0.3, -0.25) is 9.78 Å². The van der Waals surface area contributed by atoms with Crippen LogP contribution in [-0.4, -0.2) is 33.1 Å². The van der Waals surface area contributed by atoms with Gasteiger partial charge >= 0.3 is 0 Å². The number of hydrogen-bond acceptors (Lipinski definition) is 4. The third kappa shape index (κ3) is 3.53. The smallest absolute Gasteiger partial charge is 0.260 e. The number of amides is 1. The highest BCUT2D eigenvalue weighted by Gasteiger charge is 2.14. The highest BCUT2D eigenvalue weighted by atomic mass is 16.5. The van der Waals surface area contributed by atoms with Crippen LogP contribution in [0.15, 0.2) is 48.8 Å². The summed E-state index contributed by atoms with van der Waals surface area (Å²) >= 11 is 0. The van der Waals surface area contributed by atoms with Crippen LogP contribution in [-0.2, 0) is 11.3 Å². The molecular weight excluding hydrogens is 304 g/mol. The first-order chi connectivity index (χ1) is 11.6. The van der Waals surface area contributed by atoms with Crippen molar-refractivity contribution in [2.24, 2.45) is 0 Å². The van der Waals surface area contributed by atoms with E-state index in [4.69, 9.17) is 4.74 Å². The van der Waals surface area contributed by atoms with Crippen LogP contribution >= 0.6 is 0 Å². The number of carbonyl (C=O) groups is 1. The van der Waals surface area contributed by atoms with Crippen LogP contribution in [0, 0.1) is 6.92 Å². The zero-order valence-corrected chi connectivity index (χ0v) is 13.8. The minimum atomic E-state index is -0.574. The average molecular weight is 324 g/mol. The molecule has 2 aromatic heterocycles. The molecule has 0 aliphatic heterocycles. The predicted molar refractivity (Wildman–Crippen MR) is 91.8 cm³/mol. The average Bonchev–Trinajstić information content (AvgIpc) is 2.91. The Labute approximate surface area is 140 Å². The Kier molecular flexibility index (Phi) is 4.74. The normalized spacial score (nSPS) is 12.1. The standard InChI is InChI=1S/C18H20N4O2/c1-13(24-15-6-5-9-19-12-15)18(23)20-10-11-22-14(2)21-16-7-3-4-8-17(16)22/h3-9,12-13H,10-11H2,1-2H3,(H,20,23)/t13-/m0/s1. The number of benzene rings is 1. The SMILES string of the molecule is Cc1nc2ccccc2n1CCNC(=O)[C@H](C)Oc1cccnc1. The Morgan fingerprint density at radius 2 is 2.12 bits per heavy atom. The van der Waals surface area contributed by atoms with Crippen molar-refractivity contribution in [3.63, 3.8) is 0 Å². The first-order valence-electron chi connectivity index (χ1n) is 7.91. The fourth-order valence-electron chi connectivity index (χ4n) is 2.59. The predicted octanol–water partition coefficient (Wildman–Crippen LogP) is 2.32. The van der Waals surface area contributed by atoms with E-state index in [0.717, 1.165) is 16.9 Å². The Morgan fingerprint density at radius 3 is 2.92 bits per heavy atom. The second kappa shape index (κ2) is 7.12. The topological polar surface area (TPSA) is 69.0 Å². The third-order valence-electron chi connectivity index (χ3n) is 3.80. The molecule has 1 N–H and O–H groups in total. The van der Waals surface area contributed by atoms with Crippen LogP contribution in [0.5, 0.6) is 5.75 Å². The van der Waals surface area contributed by atoms with Gasteiger partial charge in [0.25, 0.3) is 5.91 Å². The fraction of sp³-hybridized carbons (Fsp3) is 0.278. The van der Waals surface area contributed by atoms with Gasteiger partial charge in [0.15, 0.2) is 6.10 Å². The molecule has 24 heavy (non-hydrogen) atoms. The van der Waals surface area contributed by atoms with Crippen molar-refractivity contribution in [3.05, 3.63) is 54.6 Å². The molecule has 0 radical (unpaired) electrons. The maximum atomic E-state index is 12.1. The lowest BCUT2D eigenvalue weighted by molar-refractivity contribution is -0.127. The van der Waals surface area contributed by atoms with E-state index in [1.54, 1.807) is 31.5 Å². The lowest BCUT2D eigenvalue weighted by atomic mass is 10.3. The molecule has 0 aliphatic rings. The number of aromatic nitrogens is 3. The maximum absolute atomic E-state index is 12.1. The van der Waals surface area contributed by atoms with Crippen LogP contribution in [0.3, 0.4) is 0 Å². The van der Waals surface area contributed by atoms with Gasteiger partial charge < -0.3 is 14.6 Å². The first kappa shape index (κ1) is 16.0. The van der Waals surface area contributed by atoms with Crippen LogP contribution in [0.1, 0.15) is 12.7 Å². The third-order valence-corrected chi connectivity index (χ3v) is 3.80. The number of carbonyl (C=O) groups excluding carboxylic acids is 1. The lowest BCUT2D eigenvalue weighted by Gasteiger charge is -2.15. The number of rotatable bonds is 6. The van der Waals surface area contributed by atoms with Gasteiger partial charge in [0, 0.05) is 19.3 Å². The molecule has 6 heteroatoms. The Bertz CT molecular complexity index is 829. The largest absolute Gasteiger partial charge is 0.479 e. The summed E-state index contributed by atoms with van der Waals surface area (Å²) < 4.78 is 7.66. The van der Waals surface area contributed by atoms with Crippen LogP contribution in [0.2, 0.25) is 0 Å². The van der Waals surface area contributed by atoms with E-state index in [1.807, 2.05) is 31.2 Å². The molecule has 0 aliphatic carbocycles. The van der Waals surface area contributed by atoms with E-state index in [2.05, 4.69) is 19.9 Å². The number of aryl methyl sites for hydroxylation is 1. The van der Waals surface area contributed by atoms with Gasteiger partial charge in [-0.25, -0.2) is 4.98 Å². The summed E-state index contributed by atoms with van der Waals surface area (Å²) in [6.45, 7) is 4.87. The number of nitrogens with one attached hydrogen (secondary N) is 1. The minimum absolute atomic E-state index is 0.152. The summed E-state index contributed by atoms with van der Waals surface area (Å²) in [4.78, 5) is 20.6. The summed E-state index contributed by atoms with van der Waals surface area (Å²) in [6, 6.07) is 11.5. The minimum Gasteiger partial charge on any atom is -0.479 e. The van der Waals surface area contributed by atoms with E-state index in [-0.39, 0.29) is 5.91 Å². The number of nitrogens with zero attached hydrogens (tertiary/aromatic N) is 3. The highest BCUT2D eigenvalue weighted by Crippen LogP contribution is 2.15. The van der Waals surface area contributed by atoms with Gasteiger partial charge in [-0.15, -0.1) is 0 Å². The van der Waals surface area contributed by atoms with Crippen LogP contribution in [0.4, 0.5) is 0 Å². The van der Waals surface area contributed by atoms with Crippen molar-refractivity contribution in [2.75, 3.05) is 6.54 Å². The van der Waals surface area contributed by atoms with Gasteiger partial charge in [0.05, 0.1) is 17.2 Å². The van der Waals surface area contributed by atoms with Crippen LogP contribution < -0.4 is 10.1 Å². The molecule has 2 heterocycles. The van der Waals surface area contributed by atoms with E-state index in [0.29, 0.717) is 18.8 Å². The Morgan fingerprint density at radius 1 is 1.29 bits per heavy atom. The highest BCUT2D eigenvalue weighted by molar-refractivity contribution is 5.80. The number of fused-ring (bicyclic) bond motifs is 1. The summed E-state index contributed by atoms with van der Waals surface area (Å²) in [5.74, 6) is 1.36. The van der Waals surface area contributed by atoms with E-state index < -0.39 is 6.10 Å². The van der Waals surface area contributed by atoms with Gasteiger partial charge in [0.2, 0.25) is 0 Å². The second-order valence-corrected chi connectivity index (χ2v) is 5.54. The number of ether oxygens (including phenoxy) is 1. The van der Waals surface area contributed by atoms with Gasteiger partial charge in [-0.05, 0) is 38.1 Å². The van der Waals surface area contributed by atoms with E-state index in [9.17, 15) is 4.79 Å². The molecule has 1 atom stereocenters. The Hall–Kier alpha value is -2.89. The molecular formula is C18H20N4O2. The van der Waals surface area contributed by atoms with Crippen LogP contribution in [0.25, 0.3) is 11.0 Å². The number of pyridine rings is 1. The zero-order valence-electron chi connectivity index (χ0n) is 13.8. The first-order valence-corrected chi connectivity index (χ1v) is 7.91. The van der Waals surface area contributed by atoms with E-state index in [1.165, 1.54) is 0 Å². The van der Waals surface area contributed by atoms with E-state index >= 15 is 0 Å². The molecule has 1 aromatic carbocycles. The van der Waals surface area contributed by atoms with Gasteiger partial charge in [-0.1, -0.05) is 12.1 Å². The monoisotopic (exact) mass is 324 g/mol. The van der Waals surface area contributed by atoms with Crippen molar-refractivity contribution < 1.29 is 9.53 Å². The molecule has 0 unspecified atom stereocenters. The number of hydrogen-bond donors (Lipinski definition) is 1. The fourth-order valence-corrected chi connectivity index (χ4v) is 2.59. The second-order valence-electron chi connectivity index (χ2n) is 5.54. The molecule has 0 saturated carbocycles. The van der Waals surface area contributed by atoms with Crippen molar-refractivity contribution in [1.29, 1.82) is 0 Å².